The van der Waals surface area contributed by atoms with Crippen molar-refractivity contribution in [3.05, 3.63) is 51.5 Å². The van der Waals surface area contributed by atoms with Crippen molar-refractivity contribution in [3.8, 4) is 5.75 Å². The Morgan fingerprint density at radius 1 is 1.33 bits per heavy atom. The van der Waals surface area contributed by atoms with Gasteiger partial charge in [-0.3, -0.25) is 4.79 Å². The van der Waals surface area contributed by atoms with Crippen molar-refractivity contribution < 1.29 is 9.53 Å². The van der Waals surface area contributed by atoms with Gasteiger partial charge in [0.1, 0.15) is 5.75 Å². The van der Waals surface area contributed by atoms with E-state index >= 15 is 0 Å². The van der Waals surface area contributed by atoms with E-state index in [0.29, 0.717) is 22.1 Å². The number of halogens is 2. The first-order valence-electron chi connectivity index (χ1n) is 6.19. The molecule has 0 atom stereocenters. The molecule has 2 aromatic rings. The molecule has 0 aromatic heterocycles. The molecule has 4 nitrogen and oxygen atoms in total. The molecule has 3 N–H and O–H groups in total. The number of nitrogens with two attached hydrogens (primary N) is 1. The second kappa shape index (κ2) is 6.83. The van der Waals surface area contributed by atoms with E-state index in [0.717, 1.165) is 10.0 Å². The molecule has 0 aliphatic heterocycles. The quantitative estimate of drug-likeness (QED) is 0.800. The predicted octanol–water partition coefficient (Wildman–Crippen LogP) is 4.01. The standard InChI is InChI=1S/C15H14BrClN2O2/c1-9-6-12(16)14(7-13(9)17)19-15(20)8-21-11-4-2-10(18)3-5-11/h2-7H,8,18H2,1H3,(H,19,20). The molecule has 0 saturated carbocycles. The van der Waals surface area contributed by atoms with Gasteiger partial charge in [-0.15, -0.1) is 0 Å². The maximum Gasteiger partial charge on any atom is 0.262 e. The van der Waals surface area contributed by atoms with Gasteiger partial charge in [-0.05, 0) is 64.8 Å². The normalized spacial score (nSPS) is 10.2. The number of carbonyl (C=O) groups excluding carboxylic acids is 1. The number of nitrogens with one attached hydrogen (secondary N) is 1. The molecule has 0 heterocycles. The third-order valence-corrected chi connectivity index (χ3v) is 3.84. The summed E-state index contributed by atoms with van der Waals surface area (Å²) in [4.78, 5) is 11.9. The molecule has 0 spiro atoms. The molecule has 6 heteroatoms. The van der Waals surface area contributed by atoms with Crippen LogP contribution in [0.25, 0.3) is 0 Å². The molecule has 21 heavy (non-hydrogen) atoms. The summed E-state index contributed by atoms with van der Waals surface area (Å²) in [6, 6.07) is 10.4. The molecule has 0 fully saturated rings. The average Bonchev–Trinajstić information content (AvgIpc) is 2.44. The minimum atomic E-state index is -0.271. The number of anilines is 2. The van der Waals surface area contributed by atoms with Crippen LogP contribution in [-0.2, 0) is 4.79 Å². The summed E-state index contributed by atoms with van der Waals surface area (Å²) < 4.78 is 6.14. The molecule has 0 radical (unpaired) electrons. The van der Waals surface area contributed by atoms with E-state index in [4.69, 9.17) is 22.1 Å². The first-order chi connectivity index (χ1) is 9.95. The van der Waals surface area contributed by atoms with Crippen LogP contribution in [0.3, 0.4) is 0 Å². The van der Waals surface area contributed by atoms with E-state index in [1.54, 1.807) is 30.3 Å². The second-order valence-electron chi connectivity index (χ2n) is 4.49. The van der Waals surface area contributed by atoms with Gasteiger partial charge in [-0.25, -0.2) is 0 Å². The minimum absolute atomic E-state index is 0.0954. The van der Waals surface area contributed by atoms with Gasteiger partial charge in [0.05, 0.1) is 5.69 Å². The minimum Gasteiger partial charge on any atom is -0.484 e. The smallest absolute Gasteiger partial charge is 0.262 e. The van der Waals surface area contributed by atoms with Crippen molar-refractivity contribution in [2.75, 3.05) is 17.7 Å². The third kappa shape index (κ3) is 4.37. The van der Waals surface area contributed by atoms with Gasteiger partial charge in [-0.1, -0.05) is 11.6 Å². The zero-order valence-electron chi connectivity index (χ0n) is 11.3. The zero-order chi connectivity index (χ0) is 15.4. The summed E-state index contributed by atoms with van der Waals surface area (Å²) in [5.74, 6) is 0.313. The SMILES string of the molecule is Cc1cc(Br)c(NC(=O)COc2ccc(N)cc2)cc1Cl. The lowest BCUT2D eigenvalue weighted by Gasteiger charge is -2.10. The van der Waals surface area contributed by atoms with Crippen LogP contribution in [0.5, 0.6) is 5.75 Å². The van der Waals surface area contributed by atoms with Crippen LogP contribution < -0.4 is 15.8 Å². The van der Waals surface area contributed by atoms with Crippen molar-refractivity contribution in [3.63, 3.8) is 0 Å². The number of hydrogen-bond acceptors (Lipinski definition) is 3. The fraction of sp³-hybridized carbons (Fsp3) is 0.133. The Morgan fingerprint density at radius 2 is 2.00 bits per heavy atom. The Kier molecular flexibility index (Phi) is 5.09. The largest absolute Gasteiger partial charge is 0.484 e. The monoisotopic (exact) mass is 368 g/mol. The van der Waals surface area contributed by atoms with Crippen molar-refractivity contribution in [2.45, 2.75) is 6.92 Å². The van der Waals surface area contributed by atoms with Crippen LogP contribution in [0, 0.1) is 6.92 Å². The van der Waals surface area contributed by atoms with Crippen LogP contribution in [0.15, 0.2) is 40.9 Å². The van der Waals surface area contributed by atoms with Gasteiger partial charge >= 0.3 is 0 Å². The van der Waals surface area contributed by atoms with Gasteiger partial charge in [0.25, 0.3) is 5.91 Å². The van der Waals surface area contributed by atoms with Crippen molar-refractivity contribution in [1.82, 2.24) is 0 Å². The Hall–Kier alpha value is -1.72. The van der Waals surface area contributed by atoms with Crippen LogP contribution in [0.4, 0.5) is 11.4 Å². The number of hydrogen-bond donors (Lipinski definition) is 2. The average molecular weight is 370 g/mol. The summed E-state index contributed by atoms with van der Waals surface area (Å²) in [5.41, 5.74) is 7.76. The maximum absolute atomic E-state index is 11.9. The lowest BCUT2D eigenvalue weighted by Crippen LogP contribution is -2.20. The number of carbonyl (C=O) groups is 1. The molecule has 1 amide bonds. The number of rotatable bonds is 4. The second-order valence-corrected chi connectivity index (χ2v) is 5.75. The highest BCUT2D eigenvalue weighted by molar-refractivity contribution is 9.10. The lowest BCUT2D eigenvalue weighted by molar-refractivity contribution is -0.118. The van der Waals surface area contributed by atoms with Crippen LogP contribution >= 0.6 is 27.5 Å². The van der Waals surface area contributed by atoms with E-state index in [-0.39, 0.29) is 12.5 Å². The van der Waals surface area contributed by atoms with Crippen molar-refractivity contribution in [2.24, 2.45) is 0 Å². The number of aryl methyl sites for hydroxylation is 1. The molecule has 0 aliphatic carbocycles. The van der Waals surface area contributed by atoms with Gasteiger partial charge in [0.15, 0.2) is 6.61 Å². The summed E-state index contributed by atoms with van der Waals surface area (Å²) in [6.07, 6.45) is 0. The van der Waals surface area contributed by atoms with Crippen LogP contribution in [0.2, 0.25) is 5.02 Å². The van der Waals surface area contributed by atoms with Crippen LogP contribution in [0.1, 0.15) is 5.56 Å². The van der Waals surface area contributed by atoms with Crippen molar-refractivity contribution >= 4 is 44.8 Å². The molecule has 0 bridgehead atoms. The first-order valence-corrected chi connectivity index (χ1v) is 7.36. The molecule has 2 aromatic carbocycles. The highest BCUT2D eigenvalue weighted by Crippen LogP contribution is 2.29. The van der Waals surface area contributed by atoms with Gasteiger partial charge in [0, 0.05) is 15.2 Å². The van der Waals surface area contributed by atoms with E-state index in [1.165, 1.54) is 0 Å². The molecule has 0 unspecified atom stereocenters. The summed E-state index contributed by atoms with van der Waals surface area (Å²) in [6.45, 7) is 1.80. The zero-order valence-corrected chi connectivity index (χ0v) is 13.7. The highest BCUT2D eigenvalue weighted by Gasteiger charge is 2.09. The van der Waals surface area contributed by atoms with Gasteiger partial charge in [0.2, 0.25) is 0 Å². The molecule has 0 saturated heterocycles. The number of amides is 1. The first kappa shape index (κ1) is 15.7. The topological polar surface area (TPSA) is 64.3 Å². The fourth-order valence-corrected chi connectivity index (χ4v) is 2.36. The summed E-state index contributed by atoms with van der Waals surface area (Å²) in [7, 11) is 0. The fourth-order valence-electron chi connectivity index (χ4n) is 1.64. The van der Waals surface area contributed by atoms with Crippen molar-refractivity contribution in [1.29, 1.82) is 0 Å². The van der Waals surface area contributed by atoms with E-state index in [1.807, 2.05) is 13.0 Å². The molecule has 2 rings (SSSR count). The molecular formula is C15H14BrClN2O2. The highest BCUT2D eigenvalue weighted by atomic mass is 79.9. The van der Waals surface area contributed by atoms with Gasteiger partial charge < -0.3 is 15.8 Å². The van der Waals surface area contributed by atoms with E-state index in [9.17, 15) is 4.79 Å². The van der Waals surface area contributed by atoms with Gasteiger partial charge in [-0.2, -0.15) is 0 Å². The Balaban J connectivity index is 1.96. The number of nitrogen functional groups attached to an aromatic ring is 1. The van der Waals surface area contributed by atoms with E-state index < -0.39 is 0 Å². The lowest BCUT2D eigenvalue weighted by atomic mass is 10.2. The molecule has 0 aliphatic rings. The van der Waals surface area contributed by atoms with Crippen LogP contribution in [-0.4, -0.2) is 12.5 Å². The Morgan fingerprint density at radius 3 is 2.67 bits per heavy atom. The number of benzene rings is 2. The number of ether oxygens (including phenoxy) is 1. The summed E-state index contributed by atoms with van der Waals surface area (Å²) in [5, 5.41) is 3.33. The Labute approximate surface area is 136 Å². The summed E-state index contributed by atoms with van der Waals surface area (Å²) >= 11 is 9.43. The third-order valence-electron chi connectivity index (χ3n) is 2.77. The predicted molar refractivity (Wildman–Crippen MR) is 88.9 cm³/mol. The van der Waals surface area contributed by atoms with E-state index in [2.05, 4.69) is 21.2 Å². The molecule has 110 valence electrons. The Bertz CT molecular complexity index is 659. The molecular weight excluding hydrogens is 356 g/mol. The maximum atomic E-state index is 11.9.